The molecule has 0 aliphatic carbocycles. The van der Waals surface area contributed by atoms with Crippen molar-refractivity contribution in [3.8, 4) is 0 Å². The van der Waals surface area contributed by atoms with E-state index in [-0.39, 0.29) is 19.1 Å². The number of phosphoric acid groups is 1. The van der Waals surface area contributed by atoms with Gasteiger partial charge in [-0.05, 0) is 51.4 Å². The van der Waals surface area contributed by atoms with Crippen molar-refractivity contribution in [2.75, 3.05) is 40.9 Å². The minimum absolute atomic E-state index is 0.0595. The van der Waals surface area contributed by atoms with E-state index in [9.17, 15) is 19.4 Å². The second-order valence-electron chi connectivity index (χ2n) is 16.1. The maximum atomic E-state index is 12.8. The zero-order chi connectivity index (χ0) is 39.3. The van der Waals surface area contributed by atoms with E-state index in [2.05, 4.69) is 43.5 Å². The lowest BCUT2D eigenvalue weighted by Gasteiger charge is -2.25. The summed E-state index contributed by atoms with van der Waals surface area (Å²) in [5, 5.41) is 13.8. The van der Waals surface area contributed by atoms with E-state index in [0.717, 1.165) is 51.4 Å². The summed E-state index contributed by atoms with van der Waals surface area (Å²) >= 11 is 0. The number of rotatable bonds is 39. The van der Waals surface area contributed by atoms with Gasteiger partial charge < -0.3 is 19.8 Å². The van der Waals surface area contributed by atoms with E-state index in [1.165, 1.54) is 116 Å². The zero-order valence-electron chi connectivity index (χ0n) is 35.3. The minimum atomic E-state index is -4.34. The quantitative estimate of drug-likeness (QED) is 0.0249. The third-order valence-electron chi connectivity index (χ3n) is 9.60. The van der Waals surface area contributed by atoms with E-state index < -0.39 is 20.0 Å². The van der Waals surface area contributed by atoms with Crippen molar-refractivity contribution in [2.45, 2.75) is 199 Å². The molecule has 0 aromatic carbocycles. The summed E-state index contributed by atoms with van der Waals surface area (Å²) in [5.74, 6) is -0.187. The Morgan fingerprint density at radius 2 is 1.08 bits per heavy atom. The van der Waals surface area contributed by atoms with Gasteiger partial charge in [0, 0.05) is 6.42 Å². The molecule has 3 unspecified atom stereocenters. The molecule has 0 bridgehead atoms. The third-order valence-corrected chi connectivity index (χ3v) is 10.6. The molecular formula is C44H86N2O6P+. The van der Waals surface area contributed by atoms with Gasteiger partial charge in [0.05, 0.1) is 39.9 Å². The number of carbonyl (C=O) groups excluding carboxylic acids is 1. The molecule has 3 N–H and O–H groups in total. The van der Waals surface area contributed by atoms with Crippen molar-refractivity contribution in [1.82, 2.24) is 5.32 Å². The van der Waals surface area contributed by atoms with Crippen LogP contribution < -0.4 is 5.32 Å². The topological polar surface area (TPSA) is 105 Å². The van der Waals surface area contributed by atoms with Crippen molar-refractivity contribution in [3.05, 3.63) is 36.5 Å². The Morgan fingerprint density at radius 1 is 0.642 bits per heavy atom. The largest absolute Gasteiger partial charge is 0.472 e. The highest BCUT2D eigenvalue weighted by molar-refractivity contribution is 7.47. The summed E-state index contributed by atoms with van der Waals surface area (Å²) in [4.78, 5) is 23.1. The van der Waals surface area contributed by atoms with Gasteiger partial charge in [0.15, 0.2) is 0 Å². The number of hydrogen-bond acceptors (Lipinski definition) is 5. The van der Waals surface area contributed by atoms with Gasteiger partial charge in [-0.2, -0.15) is 0 Å². The van der Waals surface area contributed by atoms with Crippen LogP contribution in [0.3, 0.4) is 0 Å². The van der Waals surface area contributed by atoms with Gasteiger partial charge in [-0.1, -0.05) is 166 Å². The predicted octanol–water partition coefficient (Wildman–Crippen LogP) is 11.9. The van der Waals surface area contributed by atoms with Crippen LogP contribution in [0.25, 0.3) is 0 Å². The standard InChI is InChI=1S/C44H85N2O6P/c1-6-8-10-12-14-16-18-20-22-23-24-26-28-30-32-34-36-38-44(48)45-42(41-52-53(49,50)51-40-39-46(3,4)5)43(47)37-35-33-31-29-27-25-21-19-17-15-13-11-9-7-2/h14,16,20,22,35,37,42-43,47H,6-13,15,17-19,21,23-34,36,38-41H2,1-5H3,(H-,45,48,49,50)/p+1/b16-14-,22-20-,37-35+. The van der Waals surface area contributed by atoms with E-state index in [0.29, 0.717) is 17.4 Å². The Kier molecular flexibility index (Phi) is 35.5. The molecule has 0 aliphatic rings. The number of aliphatic hydroxyl groups excluding tert-OH is 1. The molecule has 9 heteroatoms. The second kappa shape index (κ2) is 36.4. The first-order chi connectivity index (χ1) is 25.5. The number of carbonyl (C=O) groups is 1. The Balaban J connectivity index is 4.45. The molecule has 0 fully saturated rings. The van der Waals surface area contributed by atoms with Crippen LogP contribution in [0.15, 0.2) is 36.5 Å². The number of nitrogens with zero attached hydrogens (tertiary/aromatic N) is 1. The molecule has 0 aromatic heterocycles. The zero-order valence-corrected chi connectivity index (χ0v) is 36.1. The van der Waals surface area contributed by atoms with Crippen molar-refractivity contribution in [1.29, 1.82) is 0 Å². The Bertz CT molecular complexity index is 964. The lowest BCUT2D eigenvalue weighted by molar-refractivity contribution is -0.870. The summed E-state index contributed by atoms with van der Waals surface area (Å²) in [7, 11) is 1.56. The lowest BCUT2D eigenvalue weighted by atomic mass is 10.0. The predicted molar refractivity (Wildman–Crippen MR) is 226 cm³/mol. The van der Waals surface area contributed by atoms with Crippen LogP contribution in [-0.4, -0.2) is 73.4 Å². The van der Waals surface area contributed by atoms with Gasteiger partial charge in [-0.3, -0.25) is 13.8 Å². The number of phosphoric ester groups is 1. The second-order valence-corrected chi connectivity index (χ2v) is 17.5. The molecule has 0 saturated carbocycles. The molecule has 3 atom stereocenters. The molecule has 312 valence electrons. The number of nitrogens with one attached hydrogen (secondary N) is 1. The fraction of sp³-hybridized carbons (Fsp3) is 0.841. The first-order valence-corrected chi connectivity index (χ1v) is 23.4. The summed E-state index contributed by atoms with van der Waals surface area (Å²) in [5.41, 5.74) is 0. The molecule has 0 aliphatic heterocycles. The first-order valence-electron chi connectivity index (χ1n) is 21.9. The van der Waals surface area contributed by atoms with E-state index in [4.69, 9.17) is 9.05 Å². The van der Waals surface area contributed by atoms with Crippen LogP contribution in [0.4, 0.5) is 0 Å². The van der Waals surface area contributed by atoms with Crippen LogP contribution in [0, 0.1) is 0 Å². The molecule has 53 heavy (non-hydrogen) atoms. The number of hydrogen-bond donors (Lipinski definition) is 3. The molecule has 0 aromatic rings. The van der Waals surface area contributed by atoms with Gasteiger partial charge in [0.1, 0.15) is 13.2 Å². The molecule has 0 spiro atoms. The molecule has 0 heterocycles. The van der Waals surface area contributed by atoms with E-state index in [1.807, 2.05) is 27.2 Å². The average molecular weight is 770 g/mol. The van der Waals surface area contributed by atoms with E-state index >= 15 is 0 Å². The Labute approximate surface area is 327 Å². The fourth-order valence-corrected chi connectivity index (χ4v) is 6.81. The van der Waals surface area contributed by atoms with E-state index in [1.54, 1.807) is 6.08 Å². The number of amides is 1. The van der Waals surface area contributed by atoms with Crippen molar-refractivity contribution in [3.63, 3.8) is 0 Å². The number of allylic oxidation sites excluding steroid dienone is 5. The minimum Gasteiger partial charge on any atom is -0.387 e. The SMILES string of the molecule is CCCCC/C=C\C/C=C\CCCCCCCCCC(=O)NC(COP(=O)(O)OCC[N+](C)(C)C)C(O)/C=C/CCCCCCCCCCCCCC. The van der Waals surface area contributed by atoms with Crippen molar-refractivity contribution < 1.29 is 32.9 Å². The van der Waals surface area contributed by atoms with Crippen LogP contribution in [-0.2, 0) is 18.4 Å². The lowest BCUT2D eigenvalue weighted by Crippen LogP contribution is -2.45. The first kappa shape index (κ1) is 51.7. The molecule has 8 nitrogen and oxygen atoms in total. The van der Waals surface area contributed by atoms with Gasteiger partial charge >= 0.3 is 7.82 Å². The normalized spacial score (nSPS) is 14.8. The van der Waals surface area contributed by atoms with Crippen LogP contribution >= 0.6 is 7.82 Å². The molecular weight excluding hydrogens is 683 g/mol. The monoisotopic (exact) mass is 770 g/mol. The number of quaternary nitrogens is 1. The maximum Gasteiger partial charge on any atom is 0.472 e. The Morgan fingerprint density at radius 3 is 1.58 bits per heavy atom. The average Bonchev–Trinajstić information content (AvgIpc) is 3.10. The summed E-state index contributed by atoms with van der Waals surface area (Å²) in [6.07, 6.45) is 43.4. The maximum absolute atomic E-state index is 12.8. The van der Waals surface area contributed by atoms with Gasteiger partial charge in [0.2, 0.25) is 5.91 Å². The smallest absolute Gasteiger partial charge is 0.387 e. The van der Waals surface area contributed by atoms with Crippen LogP contribution in [0.1, 0.15) is 187 Å². The Hall–Kier alpha value is -1.28. The van der Waals surface area contributed by atoms with Gasteiger partial charge in [0.25, 0.3) is 0 Å². The molecule has 1 amide bonds. The third kappa shape index (κ3) is 38.8. The summed E-state index contributed by atoms with van der Waals surface area (Å²) in [6, 6.07) is -0.848. The van der Waals surface area contributed by atoms with Crippen molar-refractivity contribution in [2.24, 2.45) is 0 Å². The van der Waals surface area contributed by atoms with Crippen molar-refractivity contribution >= 4 is 13.7 Å². The molecule has 0 saturated heterocycles. The van der Waals surface area contributed by atoms with Gasteiger partial charge in [-0.25, -0.2) is 4.57 Å². The highest BCUT2D eigenvalue weighted by Crippen LogP contribution is 2.43. The number of likely N-dealkylation sites (N-methyl/N-ethyl adjacent to an activating group) is 1. The van der Waals surface area contributed by atoms with Gasteiger partial charge in [-0.15, -0.1) is 0 Å². The van der Waals surface area contributed by atoms with Crippen LogP contribution in [0.2, 0.25) is 0 Å². The highest BCUT2D eigenvalue weighted by atomic mass is 31.2. The number of aliphatic hydroxyl groups is 1. The molecule has 0 rings (SSSR count). The fourth-order valence-electron chi connectivity index (χ4n) is 6.07. The molecule has 0 radical (unpaired) electrons. The summed E-state index contributed by atoms with van der Waals surface area (Å²) in [6.45, 7) is 4.77. The van der Waals surface area contributed by atoms with Crippen LogP contribution in [0.5, 0.6) is 0 Å². The number of unbranched alkanes of at least 4 members (excludes halogenated alkanes) is 22. The highest BCUT2D eigenvalue weighted by Gasteiger charge is 2.27. The summed E-state index contributed by atoms with van der Waals surface area (Å²) < 4.78 is 23.5.